The van der Waals surface area contributed by atoms with Crippen molar-refractivity contribution in [2.24, 2.45) is 0 Å². The molecular weight excluding hydrogens is 382 g/mol. The molecule has 0 spiro atoms. The SMILES string of the molecule is O=[N+]([O-])c1c(N2CCCCC2)ncnc1N1CCN(c2cccc3[nH]ccc23)CC1. The predicted octanol–water partition coefficient (Wildman–Crippen LogP) is 3.18. The zero-order chi connectivity index (χ0) is 20.5. The fourth-order valence-corrected chi connectivity index (χ4v) is 4.60. The lowest BCUT2D eigenvalue weighted by Gasteiger charge is -2.37. The number of rotatable bonds is 4. The van der Waals surface area contributed by atoms with Crippen LogP contribution in [0.3, 0.4) is 0 Å². The number of nitrogens with zero attached hydrogens (tertiary/aromatic N) is 6. The summed E-state index contributed by atoms with van der Waals surface area (Å²) >= 11 is 0. The highest BCUT2D eigenvalue weighted by atomic mass is 16.6. The summed E-state index contributed by atoms with van der Waals surface area (Å²) in [7, 11) is 0. The van der Waals surface area contributed by atoms with Gasteiger partial charge in [-0.2, -0.15) is 0 Å². The molecule has 0 atom stereocenters. The number of benzene rings is 1. The highest BCUT2D eigenvalue weighted by Gasteiger charge is 2.32. The highest BCUT2D eigenvalue weighted by Crippen LogP contribution is 2.36. The summed E-state index contributed by atoms with van der Waals surface area (Å²) in [6.07, 6.45) is 6.67. The topological polar surface area (TPSA) is 94.4 Å². The first-order valence-corrected chi connectivity index (χ1v) is 10.5. The molecular formula is C21H25N7O2. The van der Waals surface area contributed by atoms with Gasteiger partial charge >= 0.3 is 5.69 Å². The van der Waals surface area contributed by atoms with Crippen molar-refractivity contribution in [1.82, 2.24) is 15.0 Å². The molecule has 5 rings (SSSR count). The molecule has 2 saturated heterocycles. The highest BCUT2D eigenvalue weighted by molar-refractivity contribution is 5.92. The second kappa shape index (κ2) is 7.81. The van der Waals surface area contributed by atoms with Gasteiger partial charge in [-0.15, -0.1) is 0 Å². The van der Waals surface area contributed by atoms with E-state index < -0.39 is 0 Å². The molecule has 1 N–H and O–H groups in total. The number of H-pyrrole nitrogens is 1. The van der Waals surface area contributed by atoms with Crippen LogP contribution in [0.15, 0.2) is 36.8 Å². The minimum absolute atomic E-state index is 0.0422. The van der Waals surface area contributed by atoms with Gasteiger partial charge in [0.2, 0.25) is 11.6 Å². The van der Waals surface area contributed by atoms with Crippen molar-refractivity contribution in [3.8, 4) is 0 Å². The molecule has 3 aromatic rings. The van der Waals surface area contributed by atoms with Gasteiger partial charge in [0.05, 0.1) is 4.92 Å². The van der Waals surface area contributed by atoms with E-state index in [2.05, 4.69) is 44.1 Å². The third kappa shape index (κ3) is 3.30. The van der Waals surface area contributed by atoms with Crippen molar-refractivity contribution in [2.75, 3.05) is 54.0 Å². The molecule has 0 radical (unpaired) electrons. The van der Waals surface area contributed by atoms with Crippen LogP contribution in [0.2, 0.25) is 0 Å². The Kier molecular flexibility index (Phi) is 4.86. The summed E-state index contributed by atoms with van der Waals surface area (Å²) < 4.78 is 0. The summed E-state index contributed by atoms with van der Waals surface area (Å²) in [5.74, 6) is 0.902. The molecule has 30 heavy (non-hydrogen) atoms. The minimum atomic E-state index is -0.313. The number of aromatic nitrogens is 3. The van der Waals surface area contributed by atoms with E-state index >= 15 is 0 Å². The van der Waals surface area contributed by atoms with Gasteiger partial charge in [-0.3, -0.25) is 10.1 Å². The van der Waals surface area contributed by atoms with Gasteiger partial charge in [-0.05, 0) is 37.5 Å². The predicted molar refractivity (Wildman–Crippen MR) is 117 cm³/mol. The Hall–Kier alpha value is -3.36. The van der Waals surface area contributed by atoms with Crippen molar-refractivity contribution >= 4 is 33.9 Å². The van der Waals surface area contributed by atoms with Gasteiger partial charge in [0.15, 0.2) is 0 Å². The lowest BCUT2D eigenvalue weighted by molar-refractivity contribution is -0.383. The first-order chi connectivity index (χ1) is 14.7. The van der Waals surface area contributed by atoms with Crippen LogP contribution in [-0.4, -0.2) is 59.1 Å². The van der Waals surface area contributed by atoms with Gasteiger partial charge < -0.3 is 19.7 Å². The van der Waals surface area contributed by atoms with E-state index in [-0.39, 0.29) is 10.6 Å². The van der Waals surface area contributed by atoms with Gasteiger partial charge in [0.1, 0.15) is 6.33 Å². The Morgan fingerprint density at radius 3 is 2.23 bits per heavy atom. The van der Waals surface area contributed by atoms with Crippen LogP contribution in [0.5, 0.6) is 0 Å². The van der Waals surface area contributed by atoms with Crippen LogP contribution in [0.1, 0.15) is 19.3 Å². The smallest absolute Gasteiger partial charge is 0.353 e. The number of nitrogens with one attached hydrogen (secondary N) is 1. The largest absolute Gasteiger partial charge is 0.367 e. The maximum atomic E-state index is 12.0. The number of aromatic amines is 1. The Morgan fingerprint density at radius 2 is 1.53 bits per heavy atom. The van der Waals surface area contributed by atoms with E-state index in [1.165, 1.54) is 17.4 Å². The minimum Gasteiger partial charge on any atom is -0.367 e. The van der Waals surface area contributed by atoms with E-state index in [4.69, 9.17) is 0 Å². The second-order valence-electron chi connectivity index (χ2n) is 7.86. The first-order valence-electron chi connectivity index (χ1n) is 10.5. The van der Waals surface area contributed by atoms with Gasteiger partial charge in [-0.1, -0.05) is 6.07 Å². The van der Waals surface area contributed by atoms with E-state index in [1.54, 1.807) is 0 Å². The molecule has 0 amide bonds. The van der Waals surface area contributed by atoms with Gasteiger partial charge in [-0.25, -0.2) is 9.97 Å². The molecule has 9 heteroatoms. The van der Waals surface area contributed by atoms with Gasteiger partial charge in [0.25, 0.3) is 0 Å². The number of hydrogen-bond acceptors (Lipinski definition) is 7. The Balaban J connectivity index is 1.39. The number of nitro groups is 1. The van der Waals surface area contributed by atoms with Crippen LogP contribution in [0.4, 0.5) is 23.0 Å². The first kappa shape index (κ1) is 18.7. The maximum Gasteiger partial charge on any atom is 0.353 e. The summed E-state index contributed by atoms with van der Waals surface area (Å²) in [5, 5.41) is 13.2. The average molecular weight is 407 g/mol. The average Bonchev–Trinajstić information content (AvgIpc) is 3.28. The van der Waals surface area contributed by atoms with Crippen LogP contribution in [0.25, 0.3) is 10.9 Å². The lowest BCUT2D eigenvalue weighted by Crippen LogP contribution is -2.47. The van der Waals surface area contributed by atoms with Crippen molar-refractivity contribution in [3.63, 3.8) is 0 Å². The van der Waals surface area contributed by atoms with Crippen molar-refractivity contribution < 1.29 is 4.92 Å². The van der Waals surface area contributed by atoms with E-state index in [0.29, 0.717) is 24.7 Å². The van der Waals surface area contributed by atoms with Crippen LogP contribution in [0, 0.1) is 10.1 Å². The molecule has 0 saturated carbocycles. The Morgan fingerprint density at radius 1 is 0.867 bits per heavy atom. The number of anilines is 3. The third-order valence-corrected chi connectivity index (χ3v) is 6.11. The fourth-order valence-electron chi connectivity index (χ4n) is 4.60. The normalized spacial score (nSPS) is 17.5. The number of fused-ring (bicyclic) bond motifs is 1. The molecule has 0 unspecified atom stereocenters. The zero-order valence-electron chi connectivity index (χ0n) is 16.8. The molecule has 156 valence electrons. The van der Waals surface area contributed by atoms with Crippen LogP contribution >= 0.6 is 0 Å². The van der Waals surface area contributed by atoms with E-state index in [9.17, 15) is 10.1 Å². The molecule has 0 aliphatic carbocycles. The van der Waals surface area contributed by atoms with E-state index in [0.717, 1.165) is 51.0 Å². The summed E-state index contributed by atoms with van der Waals surface area (Å²) in [4.78, 5) is 30.0. The molecule has 2 aliphatic heterocycles. The molecule has 1 aromatic carbocycles. The number of piperazine rings is 1. The molecule has 4 heterocycles. The number of piperidine rings is 1. The molecule has 2 aromatic heterocycles. The van der Waals surface area contributed by atoms with Gasteiger partial charge in [0, 0.05) is 62.1 Å². The third-order valence-electron chi connectivity index (χ3n) is 6.11. The molecule has 2 aliphatic rings. The fraction of sp³-hybridized carbons (Fsp3) is 0.429. The quantitative estimate of drug-likeness (QED) is 0.524. The summed E-state index contributed by atoms with van der Waals surface area (Å²) in [6, 6.07) is 8.35. The van der Waals surface area contributed by atoms with Crippen molar-refractivity contribution in [3.05, 3.63) is 46.9 Å². The Bertz CT molecular complexity index is 1050. The van der Waals surface area contributed by atoms with E-state index in [1.807, 2.05) is 16.0 Å². The number of hydrogen-bond donors (Lipinski definition) is 1. The molecule has 0 bridgehead atoms. The Labute approximate surface area is 174 Å². The monoisotopic (exact) mass is 407 g/mol. The van der Waals surface area contributed by atoms with Crippen molar-refractivity contribution in [1.29, 1.82) is 0 Å². The molecule has 9 nitrogen and oxygen atoms in total. The maximum absolute atomic E-state index is 12.0. The van der Waals surface area contributed by atoms with Crippen LogP contribution in [-0.2, 0) is 0 Å². The zero-order valence-corrected chi connectivity index (χ0v) is 16.8. The summed E-state index contributed by atoms with van der Waals surface area (Å²) in [6.45, 7) is 4.54. The second-order valence-corrected chi connectivity index (χ2v) is 7.86. The van der Waals surface area contributed by atoms with Crippen molar-refractivity contribution in [2.45, 2.75) is 19.3 Å². The molecule has 2 fully saturated rings. The lowest BCUT2D eigenvalue weighted by atomic mass is 10.1. The summed E-state index contributed by atoms with van der Waals surface area (Å²) in [5.41, 5.74) is 2.35. The standard InChI is InChI=1S/C21H25N7O2/c29-28(30)19-20(26-9-2-1-3-10-26)23-15-24-21(19)27-13-11-25(12-14-27)18-6-4-5-17-16(18)7-8-22-17/h4-8,15,22H,1-3,9-14H2. The van der Waals surface area contributed by atoms with Crippen LogP contribution < -0.4 is 14.7 Å².